The summed E-state index contributed by atoms with van der Waals surface area (Å²) in [4.78, 5) is 25.0. The number of hydrogen-bond acceptors (Lipinski definition) is 11. The zero-order valence-electron chi connectivity index (χ0n) is 30.0. The third kappa shape index (κ3) is 10.6. The van der Waals surface area contributed by atoms with Crippen molar-refractivity contribution in [3.05, 3.63) is 99.5 Å². The van der Waals surface area contributed by atoms with Crippen molar-refractivity contribution in [2.75, 3.05) is 32.8 Å². The number of likely N-dealkylation sites (tertiary alicyclic amines) is 1. The van der Waals surface area contributed by atoms with Crippen LogP contribution in [0.3, 0.4) is 0 Å². The van der Waals surface area contributed by atoms with Crippen molar-refractivity contribution in [2.45, 2.75) is 51.5 Å². The van der Waals surface area contributed by atoms with Crippen LogP contribution in [-0.4, -0.2) is 81.4 Å². The SMILES string of the molecule is O=C(O)C1CCN(CCCCOc2cccc(-c3cccc(COc4cc(OCc5ccc6nonc6c5)c(CN[C@H](CO)C(=O)O)cc4Cl)c3Cl)c2)CC1. The van der Waals surface area contributed by atoms with Crippen LogP contribution in [0.2, 0.25) is 10.0 Å². The van der Waals surface area contributed by atoms with Gasteiger partial charge in [0.1, 0.15) is 47.5 Å². The van der Waals surface area contributed by atoms with Crippen LogP contribution in [-0.2, 0) is 29.3 Å². The number of fused-ring (bicyclic) bond motifs is 1. The van der Waals surface area contributed by atoms with Crippen molar-refractivity contribution in [1.29, 1.82) is 0 Å². The number of aromatic nitrogens is 2. The number of carboxylic acid groups (broad SMARTS) is 2. The summed E-state index contributed by atoms with van der Waals surface area (Å²) in [5.41, 5.74) is 4.96. The van der Waals surface area contributed by atoms with Gasteiger partial charge in [-0.15, -0.1) is 0 Å². The van der Waals surface area contributed by atoms with Crippen molar-refractivity contribution in [3.63, 3.8) is 0 Å². The van der Waals surface area contributed by atoms with Gasteiger partial charge in [-0.05, 0) is 97.1 Å². The number of aliphatic hydroxyl groups excluding tert-OH is 1. The zero-order chi connectivity index (χ0) is 38.7. The van der Waals surface area contributed by atoms with Crippen molar-refractivity contribution in [1.82, 2.24) is 20.5 Å². The van der Waals surface area contributed by atoms with Gasteiger partial charge in [0.15, 0.2) is 0 Å². The van der Waals surface area contributed by atoms with Crippen LogP contribution in [0.5, 0.6) is 17.2 Å². The molecule has 13 nitrogen and oxygen atoms in total. The smallest absolute Gasteiger partial charge is 0.323 e. The Labute approximate surface area is 327 Å². The molecule has 0 saturated carbocycles. The molecule has 55 heavy (non-hydrogen) atoms. The van der Waals surface area contributed by atoms with E-state index < -0.39 is 24.6 Å². The summed E-state index contributed by atoms with van der Waals surface area (Å²) in [5.74, 6) is -0.649. The molecule has 1 aromatic heterocycles. The number of piperidine rings is 1. The van der Waals surface area contributed by atoms with Crippen LogP contribution in [0.1, 0.15) is 42.4 Å². The summed E-state index contributed by atoms with van der Waals surface area (Å²) < 4.78 is 23.3. The lowest BCUT2D eigenvalue weighted by Crippen LogP contribution is -2.39. The zero-order valence-corrected chi connectivity index (χ0v) is 31.5. The molecule has 0 spiro atoms. The molecular weight excluding hydrogens is 751 g/mol. The van der Waals surface area contributed by atoms with Crippen molar-refractivity contribution in [3.8, 4) is 28.4 Å². The first kappa shape index (κ1) is 39.8. The maximum atomic E-state index is 11.5. The first-order valence-electron chi connectivity index (χ1n) is 18.0. The van der Waals surface area contributed by atoms with Crippen LogP contribution in [0, 0.1) is 5.92 Å². The van der Waals surface area contributed by atoms with Gasteiger partial charge in [0.05, 0.1) is 29.2 Å². The molecule has 0 radical (unpaired) electrons. The lowest BCUT2D eigenvalue weighted by atomic mass is 9.97. The highest BCUT2D eigenvalue weighted by atomic mass is 35.5. The molecule has 1 fully saturated rings. The van der Waals surface area contributed by atoms with Crippen molar-refractivity contribution >= 4 is 46.2 Å². The van der Waals surface area contributed by atoms with E-state index >= 15 is 0 Å². The lowest BCUT2D eigenvalue weighted by Gasteiger charge is -2.29. The Morgan fingerprint density at radius 2 is 1.65 bits per heavy atom. The monoisotopic (exact) mass is 792 g/mol. The van der Waals surface area contributed by atoms with Gasteiger partial charge in [-0.3, -0.25) is 14.9 Å². The molecule has 0 unspecified atom stereocenters. The highest BCUT2D eigenvalue weighted by Crippen LogP contribution is 2.37. The number of benzene rings is 4. The Kier molecular flexibility index (Phi) is 13.8. The average Bonchev–Trinajstić information content (AvgIpc) is 3.66. The molecule has 1 aliphatic rings. The largest absolute Gasteiger partial charge is 0.494 e. The summed E-state index contributed by atoms with van der Waals surface area (Å²) in [7, 11) is 0. The van der Waals surface area contributed by atoms with E-state index in [1.54, 1.807) is 24.3 Å². The number of unbranched alkanes of at least 4 members (excludes halogenated alkanes) is 1. The molecule has 0 aliphatic carbocycles. The maximum Gasteiger partial charge on any atom is 0.323 e. The molecule has 4 N–H and O–H groups in total. The molecule has 2 heterocycles. The highest BCUT2D eigenvalue weighted by molar-refractivity contribution is 6.34. The second-order valence-electron chi connectivity index (χ2n) is 13.3. The Morgan fingerprint density at radius 1 is 0.873 bits per heavy atom. The summed E-state index contributed by atoms with van der Waals surface area (Å²) in [6.45, 7) is 2.82. The second-order valence-corrected chi connectivity index (χ2v) is 14.1. The second kappa shape index (κ2) is 19.1. The lowest BCUT2D eigenvalue weighted by molar-refractivity contribution is -0.143. The molecule has 0 bridgehead atoms. The number of rotatable bonds is 19. The fourth-order valence-electron chi connectivity index (χ4n) is 6.35. The van der Waals surface area contributed by atoms with Gasteiger partial charge in [0.2, 0.25) is 0 Å². The molecule has 5 aromatic rings. The van der Waals surface area contributed by atoms with Crippen molar-refractivity contribution in [2.24, 2.45) is 5.92 Å². The highest BCUT2D eigenvalue weighted by Gasteiger charge is 2.24. The third-order valence-corrected chi connectivity index (χ3v) is 10.3. The average molecular weight is 794 g/mol. The molecule has 1 saturated heterocycles. The molecule has 290 valence electrons. The minimum atomic E-state index is -1.19. The van der Waals surface area contributed by atoms with E-state index in [2.05, 4.69) is 20.5 Å². The maximum absolute atomic E-state index is 11.5. The Bertz CT molecular complexity index is 2090. The minimum Gasteiger partial charge on any atom is -0.494 e. The number of ether oxygens (including phenoxy) is 3. The summed E-state index contributed by atoms with van der Waals surface area (Å²) in [6, 6.07) is 21.0. The van der Waals surface area contributed by atoms with E-state index in [0.717, 1.165) is 60.5 Å². The molecule has 15 heteroatoms. The number of nitrogens with zero attached hydrogens (tertiary/aromatic N) is 3. The van der Waals surface area contributed by atoms with Gasteiger partial charge in [-0.2, -0.15) is 0 Å². The Hall–Kier alpha value is -4.92. The van der Waals surface area contributed by atoms with Crippen molar-refractivity contribution < 1.29 is 43.7 Å². The van der Waals surface area contributed by atoms with Gasteiger partial charge in [-0.25, -0.2) is 4.63 Å². The van der Waals surface area contributed by atoms with Gasteiger partial charge >= 0.3 is 11.9 Å². The Balaban J connectivity index is 1.09. The third-order valence-electron chi connectivity index (χ3n) is 9.53. The van der Waals surface area contributed by atoms with E-state index in [9.17, 15) is 24.9 Å². The van der Waals surface area contributed by atoms with E-state index in [1.165, 1.54) is 0 Å². The normalized spacial score (nSPS) is 14.2. The summed E-state index contributed by atoms with van der Waals surface area (Å²) in [5, 5.41) is 39.4. The Morgan fingerprint density at radius 3 is 2.44 bits per heavy atom. The van der Waals surface area contributed by atoms with E-state index in [4.69, 9.17) is 42.0 Å². The number of carbonyl (C=O) groups is 2. The summed E-state index contributed by atoms with van der Waals surface area (Å²) >= 11 is 13.6. The molecule has 1 atom stereocenters. The van der Waals surface area contributed by atoms with Crippen LogP contribution < -0.4 is 19.5 Å². The first-order chi connectivity index (χ1) is 26.7. The predicted octanol–water partition coefficient (Wildman–Crippen LogP) is 6.85. The first-order valence-corrected chi connectivity index (χ1v) is 18.8. The number of carboxylic acids is 2. The van der Waals surface area contributed by atoms with Gasteiger partial charge in [0.25, 0.3) is 0 Å². The van der Waals surface area contributed by atoms with Gasteiger partial charge in [-0.1, -0.05) is 59.6 Å². The van der Waals surface area contributed by atoms with Crippen LogP contribution >= 0.6 is 23.2 Å². The fraction of sp³-hybridized carbons (Fsp3) is 0.350. The van der Waals surface area contributed by atoms with Crippen LogP contribution in [0.25, 0.3) is 22.2 Å². The quantitative estimate of drug-likeness (QED) is 0.0640. The van der Waals surface area contributed by atoms with E-state index in [1.807, 2.05) is 48.5 Å². The number of halogens is 2. The summed E-state index contributed by atoms with van der Waals surface area (Å²) in [6.07, 6.45) is 3.26. The number of aliphatic carboxylic acids is 2. The standard InChI is InChI=1S/C40H42Cl2N4O9/c41-32-19-29(21-43-35(22-47)40(50)51)36(53-23-25-9-10-33-34(17-25)45-55-44-33)20-37(32)54-24-28-6-4-8-31(38(28)42)27-5-3-7-30(18-27)52-16-2-1-13-46-14-11-26(12-15-46)39(48)49/h3-10,17-20,26,35,43,47H,1-2,11-16,21-24H2,(H,48,49)(H,50,51)/t35-/m1/s1. The molecule has 1 aliphatic heterocycles. The van der Waals surface area contributed by atoms with Crippen LogP contribution in [0.15, 0.2) is 77.4 Å². The molecule has 4 aromatic carbocycles. The minimum absolute atomic E-state index is 0.0465. The van der Waals surface area contributed by atoms with E-state index in [-0.39, 0.29) is 30.7 Å². The molecular formula is C40H42Cl2N4O9. The topological polar surface area (TPSA) is 177 Å². The van der Waals surface area contributed by atoms with Gasteiger partial charge in [0, 0.05) is 29.3 Å². The van der Waals surface area contributed by atoms with Gasteiger partial charge < -0.3 is 34.4 Å². The fourth-order valence-corrected chi connectivity index (χ4v) is 6.89. The van der Waals surface area contributed by atoms with E-state index in [0.29, 0.717) is 52.6 Å². The number of hydrogen-bond donors (Lipinski definition) is 4. The molecule has 0 amide bonds. The predicted molar refractivity (Wildman–Crippen MR) is 206 cm³/mol. The molecule has 6 rings (SSSR count). The number of nitrogens with one attached hydrogen (secondary N) is 1. The number of aliphatic hydroxyl groups is 1. The van der Waals surface area contributed by atoms with Crippen LogP contribution in [0.4, 0.5) is 0 Å².